The quantitative estimate of drug-likeness (QED) is 0.757. The number of ketones is 1. The van der Waals surface area contributed by atoms with Gasteiger partial charge in [0.15, 0.2) is 5.78 Å². The summed E-state index contributed by atoms with van der Waals surface area (Å²) in [6.45, 7) is 5.36. The van der Waals surface area contributed by atoms with Crippen molar-refractivity contribution in [3.63, 3.8) is 0 Å². The van der Waals surface area contributed by atoms with Gasteiger partial charge in [-0.15, -0.1) is 0 Å². The largest absolute Gasteiger partial charge is 0.303 e. The lowest BCUT2D eigenvalue weighted by molar-refractivity contribution is 0.101. The van der Waals surface area contributed by atoms with Crippen LogP contribution in [0.4, 0.5) is 0 Å². The Morgan fingerprint density at radius 3 is 2.61 bits per heavy atom. The van der Waals surface area contributed by atoms with Crippen LogP contribution in [0.5, 0.6) is 0 Å². The molecule has 0 bridgehead atoms. The number of carbonyl (C=O) groups is 1. The van der Waals surface area contributed by atoms with Gasteiger partial charge < -0.3 is 4.57 Å². The summed E-state index contributed by atoms with van der Waals surface area (Å²) in [7, 11) is 0. The Morgan fingerprint density at radius 1 is 1.39 bits per heavy atom. The number of hydrogen-bond acceptors (Lipinski definition) is 3. The highest BCUT2D eigenvalue weighted by Crippen LogP contribution is 2.20. The van der Waals surface area contributed by atoms with E-state index in [9.17, 15) is 4.79 Å². The molecule has 2 aromatic rings. The number of aryl methyl sites for hydroxylation is 1. The summed E-state index contributed by atoms with van der Waals surface area (Å²) >= 11 is 0. The number of hydrogen-bond donors (Lipinski definition) is 0. The van der Waals surface area contributed by atoms with E-state index < -0.39 is 0 Å². The number of Topliss-reactive ketones (excluding diaryl/α,β-unsaturated/α-hetero) is 1. The van der Waals surface area contributed by atoms with Crippen LogP contribution in [-0.2, 0) is 0 Å². The van der Waals surface area contributed by atoms with Crippen molar-refractivity contribution in [3.05, 3.63) is 47.0 Å². The number of imidazole rings is 1. The first-order valence-electron chi connectivity index (χ1n) is 5.60. The van der Waals surface area contributed by atoms with Crippen LogP contribution in [0.25, 0.3) is 5.69 Å². The lowest BCUT2D eigenvalue weighted by Gasteiger charge is -2.10. The summed E-state index contributed by atoms with van der Waals surface area (Å²) < 4.78 is 1.84. The molecule has 0 fully saturated rings. The fraction of sp³-hybridized carbons (Fsp3) is 0.214. The summed E-state index contributed by atoms with van der Waals surface area (Å²) in [6.07, 6.45) is 1.67. The number of carbonyl (C=O) groups excluding carboxylic acids is 1. The maximum atomic E-state index is 11.6. The van der Waals surface area contributed by atoms with Crippen LogP contribution in [0.1, 0.15) is 34.2 Å². The average molecular weight is 239 g/mol. The van der Waals surface area contributed by atoms with E-state index in [1.807, 2.05) is 18.4 Å². The van der Waals surface area contributed by atoms with Gasteiger partial charge in [-0.25, -0.2) is 4.98 Å². The Hall–Kier alpha value is -2.41. The van der Waals surface area contributed by atoms with Crippen LogP contribution >= 0.6 is 0 Å². The first-order chi connectivity index (χ1) is 8.54. The molecule has 0 unspecified atom stereocenters. The molecule has 0 aliphatic rings. The molecule has 0 aliphatic heterocycles. The first kappa shape index (κ1) is 12.1. The molecule has 4 heteroatoms. The molecular formula is C14H13N3O. The molecule has 0 amide bonds. The highest BCUT2D eigenvalue weighted by atomic mass is 16.1. The topological polar surface area (TPSA) is 58.7 Å². The van der Waals surface area contributed by atoms with Gasteiger partial charge in [0.1, 0.15) is 0 Å². The second-order valence-corrected chi connectivity index (χ2v) is 4.19. The lowest BCUT2D eigenvalue weighted by atomic mass is 10.1. The van der Waals surface area contributed by atoms with Gasteiger partial charge in [0, 0.05) is 11.3 Å². The Balaban J connectivity index is 2.72. The highest BCUT2D eigenvalue weighted by molar-refractivity contribution is 5.97. The number of nitrogens with zero attached hydrogens (tertiary/aromatic N) is 3. The lowest BCUT2D eigenvalue weighted by Crippen LogP contribution is -2.04. The van der Waals surface area contributed by atoms with E-state index >= 15 is 0 Å². The third-order valence-corrected chi connectivity index (χ3v) is 3.02. The molecular weight excluding hydrogens is 226 g/mol. The third kappa shape index (κ3) is 1.91. The van der Waals surface area contributed by atoms with Crippen LogP contribution in [0.3, 0.4) is 0 Å². The molecule has 18 heavy (non-hydrogen) atoms. The maximum absolute atomic E-state index is 11.6. The molecule has 4 nitrogen and oxygen atoms in total. The number of aromatic nitrogens is 2. The van der Waals surface area contributed by atoms with Crippen molar-refractivity contribution in [2.75, 3.05) is 0 Å². The van der Waals surface area contributed by atoms with Crippen LogP contribution in [-0.4, -0.2) is 15.3 Å². The Labute approximate surface area is 106 Å². The van der Waals surface area contributed by atoms with Gasteiger partial charge in [-0.3, -0.25) is 4.79 Å². The smallest absolute Gasteiger partial charge is 0.161 e. The fourth-order valence-electron chi connectivity index (χ4n) is 1.84. The molecule has 0 N–H and O–H groups in total. The first-order valence-corrected chi connectivity index (χ1v) is 5.60. The Morgan fingerprint density at radius 2 is 2.11 bits per heavy atom. The molecule has 90 valence electrons. The van der Waals surface area contributed by atoms with Gasteiger partial charge in [-0.05, 0) is 39.0 Å². The van der Waals surface area contributed by atoms with Gasteiger partial charge in [-0.1, -0.05) is 0 Å². The van der Waals surface area contributed by atoms with Crippen LogP contribution in [0.2, 0.25) is 0 Å². The minimum absolute atomic E-state index is 0.0276. The van der Waals surface area contributed by atoms with Crippen molar-refractivity contribution in [3.8, 4) is 11.8 Å². The summed E-state index contributed by atoms with van der Waals surface area (Å²) in [5.41, 5.74) is 3.70. The van der Waals surface area contributed by atoms with Crippen LogP contribution < -0.4 is 0 Å². The van der Waals surface area contributed by atoms with Crippen molar-refractivity contribution in [2.45, 2.75) is 20.8 Å². The maximum Gasteiger partial charge on any atom is 0.161 e. The number of rotatable bonds is 2. The average Bonchev–Trinajstić information content (AvgIpc) is 2.69. The Bertz CT molecular complexity index is 662. The zero-order chi connectivity index (χ0) is 13.3. The summed E-state index contributed by atoms with van der Waals surface area (Å²) in [5.74, 6) is -0.0276. The second kappa shape index (κ2) is 4.46. The summed E-state index contributed by atoms with van der Waals surface area (Å²) in [6, 6.07) is 7.14. The fourth-order valence-corrected chi connectivity index (χ4v) is 1.84. The van der Waals surface area contributed by atoms with Crippen molar-refractivity contribution in [1.82, 2.24) is 9.55 Å². The van der Waals surface area contributed by atoms with Crippen molar-refractivity contribution >= 4 is 5.78 Å². The van der Waals surface area contributed by atoms with Gasteiger partial charge in [-0.2, -0.15) is 5.26 Å². The molecule has 1 aromatic carbocycles. The highest BCUT2D eigenvalue weighted by Gasteiger charge is 2.12. The van der Waals surface area contributed by atoms with Gasteiger partial charge in [0.2, 0.25) is 0 Å². The van der Waals surface area contributed by atoms with Crippen LogP contribution in [0.15, 0.2) is 24.5 Å². The van der Waals surface area contributed by atoms with Crippen molar-refractivity contribution < 1.29 is 4.79 Å². The monoisotopic (exact) mass is 239 g/mol. The summed E-state index contributed by atoms with van der Waals surface area (Å²) in [4.78, 5) is 15.9. The predicted molar refractivity (Wildman–Crippen MR) is 67.8 cm³/mol. The minimum Gasteiger partial charge on any atom is -0.303 e. The van der Waals surface area contributed by atoms with E-state index in [0.29, 0.717) is 16.8 Å². The third-order valence-electron chi connectivity index (χ3n) is 3.02. The van der Waals surface area contributed by atoms with E-state index in [1.165, 1.54) is 6.92 Å². The SMILES string of the molecule is CC(=O)c1ccc(C#N)cc1-n1cnc(C)c1C. The van der Waals surface area contributed by atoms with Gasteiger partial charge >= 0.3 is 0 Å². The zero-order valence-electron chi connectivity index (χ0n) is 10.6. The predicted octanol–water partition coefficient (Wildman–Crippen LogP) is 2.56. The molecule has 0 spiro atoms. The molecule has 0 atom stereocenters. The number of nitriles is 1. The number of benzene rings is 1. The standard InChI is InChI=1S/C14H13N3O/c1-9-10(2)17(8-16-9)14-6-12(7-15)4-5-13(14)11(3)18/h4-6,8H,1-3H3. The van der Waals surface area contributed by atoms with Crippen LogP contribution in [0, 0.1) is 25.2 Å². The van der Waals surface area contributed by atoms with E-state index in [1.54, 1.807) is 24.5 Å². The normalized spacial score (nSPS) is 10.1. The minimum atomic E-state index is -0.0276. The van der Waals surface area contributed by atoms with E-state index in [-0.39, 0.29) is 5.78 Å². The summed E-state index contributed by atoms with van der Waals surface area (Å²) in [5, 5.41) is 8.95. The molecule has 0 saturated carbocycles. The molecule has 0 saturated heterocycles. The second-order valence-electron chi connectivity index (χ2n) is 4.19. The van der Waals surface area contributed by atoms with Gasteiger partial charge in [0.25, 0.3) is 0 Å². The van der Waals surface area contributed by atoms with Crippen molar-refractivity contribution in [2.24, 2.45) is 0 Å². The molecule has 0 radical (unpaired) electrons. The Kier molecular flexibility index (Phi) is 2.99. The van der Waals surface area contributed by atoms with E-state index in [0.717, 1.165) is 11.4 Å². The van der Waals surface area contributed by atoms with E-state index in [4.69, 9.17) is 5.26 Å². The molecule has 1 heterocycles. The molecule has 1 aromatic heterocycles. The van der Waals surface area contributed by atoms with Gasteiger partial charge in [0.05, 0.1) is 29.3 Å². The van der Waals surface area contributed by atoms with Crippen molar-refractivity contribution in [1.29, 1.82) is 5.26 Å². The molecule has 0 aliphatic carbocycles. The van der Waals surface area contributed by atoms with E-state index in [2.05, 4.69) is 11.1 Å². The molecule has 2 rings (SSSR count). The zero-order valence-corrected chi connectivity index (χ0v) is 10.6.